The van der Waals surface area contributed by atoms with Crippen molar-refractivity contribution in [3.05, 3.63) is 48.2 Å². The van der Waals surface area contributed by atoms with Crippen LogP contribution in [-0.4, -0.2) is 18.2 Å². The third-order valence-electron chi connectivity index (χ3n) is 3.44. The van der Waals surface area contributed by atoms with Crippen molar-refractivity contribution >= 4 is 13.3 Å². The highest BCUT2D eigenvalue weighted by Crippen LogP contribution is 2.25. The lowest BCUT2D eigenvalue weighted by Crippen LogP contribution is -2.44. The first-order chi connectivity index (χ1) is 9.19. The fourth-order valence-electron chi connectivity index (χ4n) is 2.33. The SMILES string of the molecule is CC(C)(O)c1cc(-c2ccccc2)ncc1[Si](C)(C)C. The number of benzene rings is 1. The number of hydrogen-bond donors (Lipinski definition) is 1. The molecule has 1 aromatic carbocycles. The molecule has 0 saturated heterocycles. The van der Waals surface area contributed by atoms with E-state index in [9.17, 15) is 5.11 Å². The number of rotatable bonds is 3. The summed E-state index contributed by atoms with van der Waals surface area (Å²) in [5.74, 6) is 0. The summed E-state index contributed by atoms with van der Waals surface area (Å²) in [6.45, 7) is 10.5. The number of nitrogens with zero attached hydrogens (tertiary/aromatic N) is 1. The molecule has 0 saturated carbocycles. The molecular formula is C17H23NOSi. The van der Waals surface area contributed by atoms with Crippen molar-refractivity contribution in [2.24, 2.45) is 0 Å². The Morgan fingerprint density at radius 3 is 2.15 bits per heavy atom. The zero-order valence-electron chi connectivity index (χ0n) is 12.9. The molecule has 2 aromatic rings. The summed E-state index contributed by atoms with van der Waals surface area (Å²) in [7, 11) is -1.53. The molecule has 0 aliphatic heterocycles. The average molecular weight is 285 g/mol. The van der Waals surface area contributed by atoms with E-state index in [1.54, 1.807) is 0 Å². The molecule has 20 heavy (non-hydrogen) atoms. The van der Waals surface area contributed by atoms with Crippen molar-refractivity contribution < 1.29 is 5.11 Å². The predicted molar refractivity (Wildman–Crippen MR) is 87.9 cm³/mol. The van der Waals surface area contributed by atoms with Gasteiger partial charge in [-0.15, -0.1) is 0 Å². The summed E-state index contributed by atoms with van der Waals surface area (Å²) in [6, 6.07) is 12.1. The largest absolute Gasteiger partial charge is 0.386 e. The third kappa shape index (κ3) is 3.17. The molecule has 0 spiro atoms. The van der Waals surface area contributed by atoms with Crippen LogP contribution in [0.25, 0.3) is 11.3 Å². The van der Waals surface area contributed by atoms with Crippen LogP contribution >= 0.6 is 0 Å². The van der Waals surface area contributed by atoms with Gasteiger partial charge in [-0.1, -0.05) is 50.0 Å². The van der Waals surface area contributed by atoms with Gasteiger partial charge >= 0.3 is 0 Å². The van der Waals surface area contributed by atoms with Crippen LogP contribution in [-0.2, 0) is 5.60 Å². The van der Waals surface area contributed by atoms with E-state index in [1.165, 1.54) is 5.19 Å². The van der Waals surface area contributed by atoms with Crippen molar-refractivity contribution in [1.29, 1.82) is 0 Å². The molecule has 0 unspecified atom stereocenters. The van der Waals surface area contributed by atoms with Crippen molar-refractivity contribution in [2.75, 3.05) is 0 Å². The van der Waals surface area contributed by atoms with Crippen LogP contribution in [0.4, 0.5) is 0 Å². The Labute approximate surface area is 122 Å². The number of aliphatic hydroxyl groups is 1. The zero-order valence-corrected chi connectivity index (χ0v) is 13.9. The summed E-state index contributed by atoms with van der Waals surface area (Å²) in [6.07, 6.45) is 1.96. The molecule has 0 radical (unpaired) electrons. The van der Waals surface area contributed by atoms with E-state index in [4.69, 9.17) is 0 Å². The second kappa shape index (κ2) is 5.15. The first-order valence-electron chi connectivity index (χ1n) is 6.98. The van der Waals surface area contributed by atoms with Gasteiger partial charge in [0.1, 0.15) is 0 Å². The Hall–Kier alpha value is -1.45. The van der Waals surface area contributed by atoms with Gasteiger partial charge in [0, 0.05) is 11.8 Å². The highest BCUT2D eigenvalue weighted by atomic mass is 28.3. The quantitative estimate of drug-likeness (QED) is 0.875. The lowest BCUT2D eigenvalue weighted by Gasteiger charge is -2.28. The Bertz CT molecular complexity index is 595. The van der Waals surface area contributed by atoms with E-state index in [0.29, 0.717) is 0 Å². The molecule has 0 fully saturated rings. The van der Waals surface area contributed by atoms with Gasteiger partial charge in [-0.3, -0.25) is 4.98 Å². The minimum atomic E-state index is -1.53. The fraction of sp³-hybridized carbons (Fsp3) is 0.353. The third-order valence-corrected chi connectivity index (χ3v) is 5.46. The van der Waals surface area contributed by atoms with Crippen LogP contribution < -0.4 is 5.19 Å². The smallest absolute Gasteiger partial charge is 0.0840 e. The molecule has 106 valence electrons. The summed E-state index contributed by atoms with van der Waals surface area (Å²) in [4.78, 5) is 4.61. The van der Waals surface area contributed by atoms with Gasteiger partial charge in [-0.2, -0.15) is 0 Å². The Kier molecular flexibility index (Phi) is 3.85. The van der Waals surface area contributed by atoms with Gasteiger partial charge < -0.3 is 5.11 Å². The van der Waals surface area contributed by atoms with Crippen molar-refractivity contribution in [2.45, 2.75) is 39.1 Å². The molecule has 1 heterocycles. The normalized spacial score (nSPS) is 12.5. The molecule has 1 aromatic heterocycles. The number of pyridine rings is 1. The van der Waals surface area contributed by atoms with E-state index >= 15 is 0 Å². The Morgan fingerprint density at radius 1 is 1.05 bits per heavy atom. The maximum atomic E-state index is 10.5. The fourth-order valence-corrected chi connectivity index (χ4v) is 3.96. The Morgan fingerprint density at radius 2 is 1.65 bits per heavy atom. The average Bonchev–Trinajstić information content (AvgIpc) is 2.37. The molecule has 0 aliphatic rings. The summed E-state index contributed by atoms with van der Waals surface area (Å²) in [5.41, 5.74) is 2.16. The van der Waals surface area contributed by atoms with E-state index < -0.39 is 13.7 Å². The molecule has 2 nitrogen and oxygen atoms in total. The maximum absolute atomic E-state index is 10.5. The first-order valence-corrected chi connectivity index (χ1v) is 10.5. The Balaban J connectivity index is 2.62. The molecule has 0 amide bonds. The summed E-state index contributed by atoms with van der Waals surface area (Å²) < 4.78 is 0. The minimum Gasteiger partial charge on any atom is -0.386 e. The van der Waals surface area contributed by atoms with Crippen LogP contribution in [0.2, 0.25) is 19.6 Å². The van der Waals surface area contributed by atoms with Crippen LogP contribution in [0.1, 0.15) is 19.4 Å². The van der Waals surface area contributed by atoms with E-state index in [1.807, 2.05) is 56.4 Å². The van der Waals surface area contributed by atoms with Crippen molar-refractivity contribution in [3.8, 4) is 11.3 Å². The van der Waals surface area contributed by atoms with Gasteiger partial charge in [0.15, 0.2) is 0 Å². The van der Waals surface area contributed by atoms with Crippen LogP contribution in [0.5, 0.6) is 0 Å². The molecule has 1 N–H and O–H groups in total. The highest BCUT2D eigenvalue weighted by Gasteiger charge is 2.28. The lowest BCUT2D eigenvalue weighted by atomic mass is 9.97. The molecule has 0 atom stereocenters. The monoisotopic (exact) mass is 285 g/mol. The summed E-state index contributed by atoms with van der Waals surface area (Å²) in [5, 5.41) is 11.7. The van der Waals surface area contributed by atoms with E-state index in [0.717, 1.165) is 16.8 Å². The topological polar surface area (TPSA) is 33.1 Å². The van der Waals surface area contributed by atoms with Crippen molar-refractivity contribution in [3.63, 3.8) is 0 Å². The van der Waals surface area contributed by atoms with Gasteiger partial charge in [0.25, 0.3) is 0 Å². The van der Waals surface area contributed by atoms with Crippen LogP contribution in [0.3, 0.4) is 0 Å². The first kappa shape index (κ1) is 14.9. The van der Waals surface area contributed by atoms with Crippen LogP contribution in [0, 0.1) is 0 Å². The van der Waals surface area contributed by atoms with Crippen LogP contribution in [0.15, 0.2) is 42.6 Å². The molecule has 0 aliphatic carbocycles. The molecule has 0 bridgehead atoms. The zero-order chi connectivity index (χ0) is 15.0. The van der Waals surface area contributed by atoms with E-state index in [-0.39, 0.29) is 0 Å². The standard InChI is InChI=1S/C17H23NOSi/c1-17(2,19)14-11-15(13-9-7-6-8-10-13)18-12-16(14)20(3,4)5/h6-12,19H,1-5H3. The van der Waals surface area contributed by atoms with Gasteiger partial charge in [-0.05, 0) is 30.7 Å². The lowest BCUT2D eigenvalue weighted by molar-refractivity contribution is 0.0796. The summed E-state index contributed by atoms with van der Waals surface area (Å²) >= 11 is 0. The highest BCUT2D eigenvalue weighted by molar-refractivity contribution is 6.89. The maximum Gasteiger partial charge on any atom is 0.0840 e. The van der Waals surface area contributed by atoms with Gasteiger partial charge in [0.05, 0.1) is 19.4 Å². The number of aromatic nitrogens is 1. The van der Waals surface area contributed by atoms with Gasteiger partial charge in [0.2, 0.25) is 0 Å². The molecular weight excluding hydrogens is 262 g/mol. The number of hydrogen-bond acceptors (Lipinski definition) is 2. The molecule has 2 rings (SSSR count). The molecule has 3 heteroatoms. The predicted octanol–water partition coefficient (Wildman–Crippen LogP) is 3.52. The van der Waals surface area contributed by atoms with E-state index in [2.05, 4.69) is 24.6 Å². The minimum absolute atomic E-state index is 0.845. The second-order valence-corrected chi connectivity index (χ2v) is 11.8. The second-order valence-electron chi connectivity index (χ2n) is 6.79. The van der Waals surface area contributed by atoms with Crippen molar-refractivity contribution in [1.82, 2.24) is 4.98 Å². The van der Waals surface area contributed by atoms with Gasteiger partial charge in [-0.25, -0.2) is 0 Å².